The van der Waals surface area contributed by atoms with Gasteiger partial charge in [0.1, 0.15) is 11.5 Å². The third-order valence-corrected chi connectivity index (χ3v) is 2.95. The van der Waals surface area contributed by atoms with Crippen molar-refractivity contribution in [3.63, 3.8) is 0 Å². The maximum Gasteiger partial charge on any atom is 0.116 e. The van der Waals surface area contributed by atoms with Crippen LogP contribution in [0.25, 0.3) is 16.7 Å². The molecule has 2 N–H and O–H groups in total. The smallest absolute Gasteiger partial charge is 0.116 e. The number of hydrogen-bond donors (Lipinski definition) is 2. The summed E-state index contributed by atoms with van der Waals surface area (Å²) in [5, 5.41) is 18.9. The van der Waals surface area contributed by atoms with Crippen molar-refractivity contribution in [3.8, 4) is 22.6 Å². The van der Waals surface area contributed by atoms with Gasteiger partial charge in [-0.1, -0.05) is 18.7 Å². The van der Waals surface area contributed by atoms with Gasteiger partial charge in [-0.05, 0) is 52.1 Å². The van der Waals surface area contributed by atoms with Crippen LogP contribution in [-0.4, -0.2) is 10.2 Å². The Morgan fingerprint density at radius 3 is 1.56 bits per heavy atom. The van der Waals surface area contributed by atoms with Crippen LogP contribution in [0.2, 0.25) is 0 Å². The average Bonchev–Trinajstić information content (AvgIpc) is 2.53. The Labute approximate surface area is 93.1 Å². The van der Waals surface area contributed by atoms with Gasteiger partial charge >= 0.3 is 0 Å². The van der Waals surface area contributed by atoms with Crippen molar-refractivity contribution in [1.82, 2.24) is 0 Å². The highest BCUT2D eigenvalue weighted by Crippen LogP contribution is 2.45. The highest BCUT2D eigenvalue weighted by atomic mass is 16.3. The van der Waals surface area contributed by atoms with Gasteiger partial charge in [-0.3, -0.25) is 0 Å². The topological polar surface area (TPSA) is 40.5 Å². The third kappa shape index (κ3) is 1.07. The van der Waals surface area contributed by atoms with Crippen LogP contribution in [0.3, 0.4) is 0 Å². The van der Waals surface area contributed by atoms with Crippen LogP contribution in [-0.2, 0) is 0 Å². The second kappa shape index (κ2) is 2.89. The molecule has 0 saturated heterocycles. The summed E-state index contributed by atoms with van der Waals surface area (Å²) in [5.74, 6) is 0.467. The third-order valence-electron chi connectivity index (χ3n) is 2.95. The lowest BCUT2D eigenvalue weighted by atomic mass is 10.1. The number of hydrogen-bond acceptors (Lipinski definition) is 2. The fourth-order valence-electron chi connectivity index (χ4n) is 2.18. The number of benzene rings is 2. The standard InChI is InChI=1S/C14H10O2/c1-8-13-6-9(15)2-4-11(13)12-5-3-10(16)7-14(8)12/h2-7,15-16H,1H2. The molecule has 0 aliphatic heterocycles. The minimum Gasteiger partial charge on any atom is -0.508 e. The first kappa shape index (κ1) is 9.04. The van der Waals surface area contributed by atoms with Gasteiger partial charge in [0.05, 0.1) is 0 Å². The Balaban J connectivity index is 2.34. The quantitative estimate of drug-likeness (QED) is 0.598. The molecule has 0 fully saturated rings. The minimum atomic E-state index is 0.233. The molecule has 2 aromatic rings. The molecule has 0 spiro atoms. The van der Waals surface area contributed by atoms with Crippen LogP contribution in [0.15, 0.2) is 43.0 Å². The molecule has 3 rings (SSSR count). The van der Waals surface area contributed by atoms with Crippen molar-refractivity contribution in [2.45, 2.75) is 0 Å². The monoisotopic (exact) mass is 210 g/mol. The van der Waals surface area contributed by atoms with E-state index in [2.05, 4.69) is 6.58 Å². The van der Waals surface area contributed by atoms with Gasteiger partial charge in [0.15, 0.2) is 0 Å². The average molecular weight is 210 g/mol. The lowest BCUT2D eigenvalue weighted by Gasteiger charge is -2.00. The van der Waals surface area contributed by atoms with E-state index in [0.717, 1.165) is 27.8 Å². The van der Waals surface area contributed by atoms with Crippen molar-refractivity contribution in [2.75, 3.05) is 0 Å². The normalized spacial score (nSPS) is 12.4. The van der Waals surface area contributed by atoms with Gasteiger partial charge in [-0.25, -0.2) is 0 Å². The SMILES string of the molecule is C=C1c2cc(O)ccc2-c2ccc(O)cc21. The van der Waals surface area contributed by atoms with Gasteiger partial charge in [0, 0.05) is 0 Å². The second-order valence-electron chi connectivity index (χ2n) is 3.94. The first-order valence-corrected chi connectivity index (χ1v) is 5.03. The molecule has 2 nitrogen and oxygen atoms in total. The molecule has 2 aromatic carbocycles. The lowest BCUT2D eigenvalue weighted by Crippen LogP contribution is -1.77. The Kier molecular flexibility index (Phi) is 1.63. The van der Waals surface area contributed by atoms with Gasteiger partial charge in [0.25, 0.3) is 0 Å². The summed E-state index contributed by atoms with van der Waals surface area (Å²) < 4.78 is 0. The van der Waals surface area contributed by atoms with E-state index in [-0.39, 0.29) is 11.5 Å². The molecule has 2 heteroatoms. The van der Waals surface area contributed by atoms with Crippen LogP contribution in [0, 0.1) is 0 Å². The van der Waals surface area contributed by atoms with Crippen LogP contribution >= 0.6 is 0 Å². The maximum atomic E-state index is 9.46. The Hall–Kier alpha value is -2.22. The van der Waals surface area contributed by atoms with E-state index in [9.17, 15) is 10.2 Å². The van der Waals surface area contributed by atoms with Gasteiger partial charge < -0.3 is 10.2 Å². The predicted octanol–water partition coefficient (Wildman–Crippen LogP) is 3.14. The molecule has 0 unspecified atom stereocenters. The lowest BCUT2D eigenvalue weighted by molar-refractivity contribution is 0.475. The van der Waals surface area contributed by atoms with Crippen LogP contribution in [0.4, 0.5) is 0 Å². The number of phenolic OH excluding ortho intramolecular Hbond substituents is 2. The van der Waals surface area contributed by atoms with Crippen LogP contribution in [0.5, 0.6) is 11.5 Å². The van der Waals surface area contributed by atoms with Crippen molar-refractivity contribution in [1.29, 1.82) is 0 Å². The predicted molar refractivity (Wildman–Crippen MR) is 63.3 cm³/mol. The summed E-state index contributed by atoms with van der Waals surface area (Å²) in [7, 11) is 0. The first-order valence-electron chi connectivity index (χ1n) is 5.03. The van der Waals surface area contributed by atoms with Crippen LogP contribution in [0.1, 0.15) is 11.1 Å². The van der Waals surface area contributed by atoms with Crippen molar-refractivity contribution in [3.05, 3.63) is 54.1 Å². The largest absolute Gasteiger partial charge is 0.508 e. The van der Waals surface area contributed by atoms with Crippen molar-refractivity contribution in [2.24, 2.45) is 0 Å². The zero-order valence-electron chi connectivity index (χ0n) is 8.57. The van der Waals surface area contributed by atoms with Gasteiger partial charge in [-0.2, -0.15) is 0 Å². The number of aromatic hydroxyl groups is 2. The molecule has 16 heavy (non-hydrogen) atoms. The molecule has 1 aliphatic rings. The molecule has 1 aliphatic carbocycles. The van der Waals surface area contributed by atoms with Crippen LogP contribution < -0.4 is 0 Å². The molecule has 0 atom stereocenters. The fraction of sp³-hybridized carbons (Fsp3) is 0. The van der Waals surface area contributed by atoms with E-state index >= 15 is 0 Å². The van der Waals surface area contributed by atoms with E-state index in [1.165, 1.54) is 0 Å². The zero-order chi connectivity index (χ0) is 11.3. The van der Waals surface area contributed by atoms with E-state index in [1.807, 2.05) is 12.1 Å². The fourth-order valence-corrected chi connectivity index (χ4v) is 2.18. The minimum absolute atomic E-state index is 0.233. The number of rotatable bonds is 0. The summed E-state index contributed by atoms with van der Waals surface area (Å²) >= 11 is 0. The number of fused-ring (bicyclic) bond motifs is 3. The second-order valence-corrected chi connectivity index (χ2v) is 3.94. The summed E-state index contributed by atoms with van der Waals surface area (Å²) in [6.45, 7) is 4.00. The summed E-state index contributed by atoms with van der Waals surface area (Å²) in [5.41, 5.74) is 4.81. The zero-order valence-corrected chi connectivity index (χ0v) is 8.57. The Morgan fingerprint density at radius 2 is 1.12 bits per heavy atom. The van der Waals surface area contributed by atoms with E-state index < -0.39 is 0 Å². The molecule has 0 bridgehead atoms. The Bertz CT molecular complexity index is 559. The van der Waals surface area contributed by atoms with Gasteiger partial charge in [0.2, 0.25) is 0 Å². The van der Waals surface area contributed by atoms with Gasteiger partial charge in [-0.15, -0.1) is 0 Å². The molecule has 0 aromatic heterocycles. The van der Waals surface area contributed by atoms with Crippen molar-refractivity contribution < 1.29 is 10.2 Å². The summed E-state index contributed by atoms with van der Waals surface area (Å²) in [6, 6.07) is 10.5. The summed E-state index contributed by atoms with van der Waals surface area (Å²) in [6.07, 6.45) is 0. The number of phenols is 2. The molecule has 0 radical (unpaired) electrons. The van der Waals surface area contributed by atoms with E-state index in [0.29, 0.717) is 0 Å². The molecular weight excluding hydrogens is 200 g/mol. The highest BCUT2D eigenvalue weighted by molar-refractivity contribution is 6.00. The maximum absolute atomic E-state index is 9.46. The highest BCUT2D eigenvalue weighted by Gasteiger charge is 2.22. The molecule has 0 heterocycles. The Morgan fingerprint density at radius 1 is 0.688 bits per heavy atom. The molecule has 0 saturated carbocycles. The summed E-state index contributed by atoms with van der Waals surface area (Å²) in [4.78, 5) is 0. The van der Waals surface area contributed by atoms with E-state index in [4.69, 9.17) is 0 Å². The van der Waals surface area contributed by atoms with Crippen molar-refractivity contribution >= 4 is 5.57 Å². The molecule has 78 valence electrons. The van der Waals surface area contributed by atoms with E-state index in [1.54, 1.807) is 24.3 Å². The molecule has 0 amide bonds. The molecular formula is C14H10O2. The first-order chi connectivity index (χ1) is 7.66.